The van der Waals surface area contributed by atoms with Gasteiger partial charge in [0.1, 0.15) is 5.69 Å². The Bertz CT molecular complexity index is 828. The van der Waals surface area contributed by atoms with Crippen molar-refractivity contribution < 1.29 is 4.92 Å². The minimum absolute atomic E-state index is 0.0948. The lowest BCUT2D eigenvalue weighted by atomic mass is 10.1. The molecule has 0 spiro atoms. The summed E-state index contributed by atoms with van der Waals surface area (Å²) in [6.45, 7) is 0. The molecule has 0 bridgehead atoms. The van der Waals surface area contributed by atoms with Gasteiger partial charge in [0, 0.05) is 40.6 Å². The van der Waals surface area contributed by atoms with Crippen LogP contribution in [0.4, 0.5) is 22.7 Å². The summed E-state index contributed by atoms with van der Waals surface area (Å²) in [5.74, 6) is 0. The maximum absolute atomic E-state index is 10.8. The van der Waals surface area contributed by atoms with Crippen LogP contribution < -0.4 is 11.1 Å². The first-order valence-corrected chi connectivity index (χ1v) is 6.29. The van der Waals surface area contributed by atoms with Crippen molar-refractivity contribution in [3.05, 3.63) is 65.0 Å². The molecule has 6 heteroatoms. The Hall–Kier alpha value is -3.15. The number of nitro groups is 1. The van der Waals surface area contributed by atoms with E-state index in [1.807, 2.05) is 24.3 Å². The fourth-order valence-corrected chi connectivity index (χ4v) is 2.19. The molecule has 104 valence electrons. The van der Waals surface area contributed by atoms with Gasteiger partial charge in [-0.15, -0.1) is 0 Å². The van der Waals surface area contributed by atoms with Crippen LogP contribution in [-0.2, 0) is 0 Å². The molecule has 6 nitrogen and oxygen atoms in total. The molecule has 0 amide bonds. The lowest BCUT2D eigenvalue weighted by molar-refractivity contribution is -0.383. The van der Waals surface area contributed by atoms with Crippen molar-refractivity contribution in [2.24, 2.45) is 0 Å². The largest absolute Gasteiger partial charge is 0.393 e. The summed E-state index contributed by atoms with van der Waals surface area (Å²) in [4.78, 5) is 14.4. The van der Waals surface area contributed by atoms with Crippen molar-refractivity contribution in [3.8, 4) is 0 Å². The Morgan fingerprint density at radius 3 is 2.81 bits per heavy atom. The van der Waals surface area contributed by atoms with E-state index < -0.39 is 4.92 Å². The highest BCUT2D eigenvalue weighted by molar-refractivity contribution is 5.95. The summed E-state index contributed by atoms with van der Waals surface area (Å²) in [5.41, 5.74) is 7.32. The number of nitro benzene ring substituents is 1. The van der Waals surface area contributed by atoms with Crippen LogP contribution in [0.1, 0.15) is 0 Å². The molecular weight excluding hydrogens is 268 g/mol. The van der Waals surface area contributed by atoms with Gasteiger partial charge in [0.05, 0.1) is 4.92 Å². The second-order valence-corrected chi connectivity index (χ2v) is 4.56. The third-order valence-corrected chi connectivity index (χ3v) is 3.18. The first kappa shape index (κ1) is 12.9. The number of nitrogens with one attached hydrogen (secondary N) is 1. The molecule has 0 saturated carbocycles. The maximum atomic E-state index is 10.8. The second kappa shape index (κ2) is 5.09. The second-order valence-electron chi connectivity index (χ2n) is 4.56. The SMILES string of the molecule is Nc1cc(Nc2cccc3cnccc23)ccc1[N+](=O)[O-]. The molecule has 0 saturated heterocycles. The molecule has 3 rings (SSSR count). The standard InChI is InChI=1S/C15H12N4O2/c16-13-8-11(4-5-15(13)19(20)21)18-14-3-1-2-10-9-17-7-6-12(10)14/h1-9,18H,16H2. The van der Waals surface area contributed by atoms with Crippen molar-refractivity contribution >= 4 is 33.5 Å². The summed E-state index contributed by atoms with van der Waals surface area (Å²) >= 11 is 0. The van der Waals surface area contributed by atoms with Crippen LogP contribution in [0.15, 0.2) is 54.9 Å². The van der Waals surface area contributed by atoms with Crippen LogP contribution in [0.2, 0.25) is 0 Å². The average molecular weight is 280 g/mol. The van der Waals surface area contributed by atoms with E-state index in [9.17, 15) is 10.1 Å². The van der Waals surface area contributed by atoms with Crippen LogP contribution in [0.3, 0.4) is 0 Å². The molecule has 0 aliphatic carbocycles. The van der Waals surface area contributed by atoms with Crippen LogP contribution in [0, 0.1) is 10.1 Å². The number of anilines is 3. The normalized spacial score (nSPS) is 10.5. The van der Waals surface area contributed by atoms with E-state index in [1.54, 1.807) is 24.5 Å². The Labute approximate surface area is 120 Å². The Balaban J connectivity index is 1.99. The molecule has 1 heterocycles. The molecular formula is C15H12N4O2. The van der Waals surface area contributed by atoms with Gasteiger partial charge in [-0.3, -0.25) is 15.1 Å². The molecule has 2 aromatic carbocycles. The third kappa shape index (κ3) is 2.46. The van der Waals surface area contributed by atoms with E-state index in [-0.39, 0.29) is 11.4 Å². The quantitative estimate of drug-likeness (QED) is 0.435. The maximum Gasteiger partial charge on any atom is 0.292 e. The average Bonchev–Trinajstić information content (AvgIpc) is 2.47. The van der Waals surface area contributed by atoms with Crippen molar-refractivity contribution in [2.75, 3.05) is 11.1 Å². The fraction of sp³-hybridized carbons (Fsp3) is 0. The van der Waals surface area contributed by atoms with Crippen LogP contribution in [0.25, 0.3) is 10.8 Å². The molecule has 1 aromatic heterocycles. The number of hydrogen-bond acceptors (Lipinski definition) is 5. The highest BCUT2D eigenvalue weighted by Gasteiger charge is 2.11. The fourth-order valence-electron chi connectivity index (χ4n) is 2.19. The summed E-state index contributed by atoms with van der Waals surface area (Å²) in [6.07, 6.45) is 3.50. The van der Waals surface area contributed by atoms with Gasteiger partial charge < -0.3 is 11.1 Å². The summed E-state index contributed by atoms with van der Waals surface area (Å²) in [5, 5.41) is 16.0. The van der Waals surface area contributed by atoms with Crippen molar-refractivity contribution in [1.29, 1.82) is 0 Å². The van der Waals surface area contributed by atoms with Crippen LogP contribution in [0.5, 0.6) is 0 Å². The van der Waals surface area contributed by atoms with E-state index in [0.717, 1.165) is 16.5 Å². The number of rotatable bonds is 3. The Morgan fingerprint density at radius 1 is 1.19 bits per heavy atom. The van der Waals surface area contributed by atoms with Gasteiger partial charge in [-0.05, 0) is 24.3 Å². The molecule has 0 aliphatic rings. The van der Waals surface area contributed by atoms with Crippen LogP contribution in [-0.4, -0.2) is 9.91 Å². The highest BCUT2D eigenvalue weighted by atomic mass is 16.6. The predicted molar refractivity (Wildman–Crippen MR) is 82.5 cm³/mol. The number of nitrogen functional groups attached to an aromatic ring is 1. The molecule has 0 radical (unpaired) electrons. The smallest absolute Gasteiger partial charge is 0.292 e. The number of hydrogen-bond donors (Lipinski definition) is 2. The van der Waals surface area contributed by atoms with Gasteiger partial charge in [-0.25, -0.2) is 0 Å². The molecule has 3 N–H and O–H groups in total. The minimum atomic E-state index is -0.497. The number of pyridine rings is 1. The van der Waals surface area contributed by atoms with Gasteiger partial charge in [-0.2, -0.15) is 0 Å². The topological polar surface area (TPSA) is 94.1 Å². The number of nitrogens with two attached hydrogens (primary N) is 1. The zero-order chi connectivity index (χ0) is 14.8. The monoisotopic (exact) mass is 280 g/mol. The summed E-state index contributed by atoms with van der Waals surface area (Å²) < 4.78 is 0. The molecule has 0 fully saturated rings. The summed E-state index contributed by atoms with van der Waals surface area (Å²) in [7, 11) is 0. The Kier molecular flexibility index (Phi) is 3.12. The van der Waals surface area contributed by atoms with Crippen molar-refractivity contribution in [2.45, 2.75) is 0 Å². The molecule has 3 aromatic rings. The number of fused-ring (bicyclic) bond motifs is 1. The zero-order valence-corrected chi connectivity index (χ0v) is 11.0. The van der Waals surface area contributed by atoms with Crippen LogP contribution >= 0.6 is 0 Å². The minimum Gasteiger partial charge on any atom is -0.393 e. The predicted octanol–water partition coefficient (Wildman–Crippen LogP) is 3.47. The third-order valence-electron chi connectivity index (χ3n) is 3.18. The molecule has 0 atom stereocenters. The first-order valence-electron chi connectivity index (χ1n) is 6.29. The van der Waals surface area contributed by atoms with Crippen molar-refractivity contribution in [1.82, 2.24) is 4.98 Å². The van der Waals surface area contributed by atoms with Crippen molar-refractivity contribution in [3.63, 3.8) is 0 Å². The van der Waals surface area contributed by atoms with Gasteiger partial charge in [0.25, 0.3) is 5.69 Å². The van der Waals surface area contributed by atoms with Gasteiger partial charge in [0.2, 0.25) is 0 Å². The lowest BCUT2D eigenvalue weighted by Gasteiger charge is -2.10. The summed E-state index contributed by atoms with van der Waals surface area (Å²) in [6, 6.07) is 12.3. The van der Waals surface area contributed by atoms with Gasteiger partial charge >= 0.3 is 0 Å². The Morgan fingerprint density at radius 2 is 2.05 bits per heavy atom. The zero-order valence-electron chi connectivity index (χ0n) is 11.0. The van der Waals surface area contributed by atoms with E-state index in [4.69, 9.17) is 5.73 Å². The molecule has 21 heavy (non-hydrogen) atoms. The first-order chi connectivity index (χ1) is 10.1. The number of nitrogens with zero attached hydrogens (tertiary/aromatic N) is 2. The molecule has 0 aliphatic heterocycles. The van der Waals surface area contributed by atoms with E-state index in [0.29, 0.717) is 5.69 Å². The van der Waals surface area contributed by atoms with Gasteiger partial charge in [0.15, 0.2) is 0 Å². The van der Waals surface area contributed by atoms with Gasteiger partial charge in [-0.1, -0.05) is 12.1 Å². The lowest BCUT2D eigenvalue weighted by Crippen LogP contribution is -1.98. The van der Waals surface area contributed by atoms with E-state index >= 15 is 0 Å². The molecule has 0 unspecified atom stereocenters. The number of aromatic nitrogens is 1. The van der Waals surface area contributed by atoms with E-state index in [1.165, 1.54) is 6.07 Å². The number of benzene rings is 2. The highest BCUT2D eigenvalue weighted by Crippen LogP contribution is 2.29. The van der Waals surface area contributed by atoms with E-state index in [2.05, 4.69) is 10.3 Å².